The molecule has 0 saturated carbocycles. The van der Waals surface area contributed by atoms with Crippen LogP contribution in [-0.2, 0) is 13.1 Å². The van der Waals surface area contributed by atoms with Crippen LogP contribution in [0, 0.1) is 6.92 Å². The molecule has 0 unspecified atom stereocenters. The lowest BCUT2D eigenvalue weighted by Crippen LogP contribution is -2.39. The van der Waals surface area contributed by atoms with Gasteiger partial charge >= 0.3 is 0 Å². The minimum absolute atomic E-state index is 0. The molecule has 0 aliphatic carbocycles. The van der Waals surface area contributed by atoms with E-state index in [1.54, 1.807) is 0 Å². The summed E-state index contributed by atoms with van der Waals surface area (Å²) in [6, 6.07) is 16.6. The Bertz CT molecular complexity index is 717. The fourth-order valence-corrected chi connectivity index (χ4v) is 2.69. The minimum Gasteiger partial charge on any atom is -0.492 e. The number of aliphatic imine (C=N–C) groups is 1. The van der Waals surface area contributed by atoms with Gasteiger partial charge in [0.2, 0.25) is 0 Å². The predicted molar refractivity (Wildman–Crippen MR) is 129 cm³/mol. The van der Waals surface area contributed by atoms with Crippen molar-refractivity contribution in [1.82, 2.24) is 15.5 Å². The van der Waals surface area contributed by atoms with Gasteiger partial charge < -0.3 is 20.3 Å². The van der Waals surface area contributed by atoms with Crippen molar-refractivity contribution < 1.29 is 4.74 Å². The summed E-state index contributed by atoms with van der Waals surface area (Å²) in [6.07, 6.45) is 0. The van der Waals surface area contributed by atoms with Gasteiger partial charge in [-0.15, -0.1) is 24.0 Å². The minimum atomic E-state index is 0. The Balaban J connectivity index is 0.00000392. The first-order chi connectivity index (χ1) is 13.1. The maximum Gasteiger partial charge on any atom is 0.191 e. The molecule has 0 aromatic heterocycles. The van der Waals surface area contributed by atoms with Crippen molar-refractivity contribution in [3.63, 3.8) is 0 Å². The molecule has 6 heteroatoms. The number of hydrogen-bond acceptors (Lipinski definition) is 3. The molecule has 0 amide bonds. The van der Waals surface area contributed by atoms with Crippen molar-refractivity contribution in [2.24, 2.45) is 4.99 Å². The Labute approximate surface area is 186 Å². The molecule has 2 N–H and O–H groups in total. The van der Waals surface area contributed by atoms with Gasteiger partial charge in [-0.3, -0.25) is 0 Å². The molecule has 0 aliphatic rings. The molecule has 28 heavy (non-hydrogen) atoms. The molecule has 0 aliphatic heterocycles. The van der Waals surface area contributed by atoms with Crippen molar-refractivity contribution in [1.29, 1.82) is 0 Å². The van der Waals surface area contributed by atoms with E-state index in [4.69, 9.17) is 9.73 Å². The van der Waals surface area contributed by atoms with Crippen LogP contribution in [0.15, 0.2) is 53.5 Å². The molecule has 0 saturated heterocycles. The maximum atomic E-state index is 5.76. The third kappa shape index (κ3) is 8.93. The van der Waals surface area contributed by atoms with Gasteiger partial charge in [0.15, 0.2) is 5.96 Å². The zero-order valence-corrected chi connectivity index (χ0v) is 19.7. The van der Waals surface area contributed by atoms with Crippen LogP contribution in [0.4, 0.5) is 0 Å². The van der Waals surface area contributed by atoms with Crippen LogP contribution >= 0.6 is 24.0 Å². The number of benzene rings is 2. The summed E-state index contributed by atoms with van der Waals surface area (Å²) in [5.74, 6) is 1.70. The molecule has 5 nitrogen and oxygen atoms in total. The summed E-state index contributed by atoms with van der Waals surface area (Å²) in [6.45, 7) is 7.81. The first-order valence-corrected chi connectivity index (χ1v) is 9.51. The van der Waals surface area contributed by atoms with Gasteiger partial charge in [-0.05, 0) is 51.2 Å². The fourth-order valence-electron chi connectivity index (χ4n) is 2.69. The smallest absolute Gasteiger partial charge is 0.191 e. The second kappa shape index (κ2) is 13.4. The number of hydrogen-bond donors (Lipinski definition) is 2. The number of halogens is 1. The first-order valence-electron chi connectivity index (χ1n) is 9.51. The summed E-state index contributed by atoms with van der Waals surface area (Å²) in [5.41, 5.74) is 3.79. The van der Waals surface area contributed by atoms with E-state index in [-0.39, 0.29) is 24.0 Å². The summed E-state index contributed by atoms with van der Waals surface area (Å²) in [5, 5.41) is 6.63. The Morgan fingerprint density at radius 1 is 1.00 bits per heavy atom. The molecule has 0 spiro atoms. The second-order valence-electron chi connectivity index (χ2n) is 6.79. The lowest BCUT2D eigenvalue weighted by atomic mass is 10.1. The number of aryl methyl sites for hydroxylation is 1. The molecule has 2 rings (SSSR count). The average Bonchev–Trinajstić information content (AvgIpc) is 2.65. The van der Waals surface area contributed by atoms with Crippen LogP contribution < -0.4 is 15.4 Å². The second-order valence-corrected chi connectivity index (χ2v) is 6.79. The Morgan fingerprint density at radius 3 is 2.32 bits per heavy atom. The van der Waals surface area contributed by atoms with E-state index in [1.165, 1.54) is 16.7 Å². The zero-order valence-electron chi connectivity index (χ0n) is 17.4. The van der Waals surface area contributed by atoms with Crippen molar-refractivity contribution in [3.8, 4) is 5.75 Å². The van der Waals surface area contributed by atoms with E-state index in [2.05, 4.69) is 79.9 Å². The van der Waals surface area contributed by atoms with E-state index in [0.717, 1.165) is 24.8 Å². The van der Waals surface area contributed by atoms with Crippen LogP contribution in [0.5, 0.6) is 5.75 Å². The van der Waals surface area contributed by atoms with Gasteiger partial charge in [0.1, 0.15) is 12.4 Å². The van der Waals surface area contributed by atoms with Crippen LogP contribution in [-0.4, -0.2) is 44.7 Å². The summed E-state index contributed by atoms with van der Waals surface area (Å²) in [4.78, 5) is 6.90. The van der Waals surface area contributed by atoms with Gasteiger partial charge in [-0.1, -0.05) is 42.0 Å². The lowest BCUT2D eigenvalue weighted by molar-refractivity contribution is 0.322. The SMILES string of the molecule is CCNC(=NCc1ccccc1CN(C)C)NCCOc1ccc(C)cc1.I. The molecule has 0 bridgehead atoms. The van der Waals surface area contributed by atoms with Crippen molar-refractivity contribution >= 4 is 29.9 Å². The average molecular weight is 496 g/mol. The molecular formula is C22H33IN4O. The summed E-state index contributed by atoms with van der Waals surface area (Å²) < 4.78 is 5.76. The van der Waals surface area contributed by atoms with Crippen molar-refractivity contribution in [3.05, 3.63) is 65.2 Å². The van der Waals surface area contributed by atoms with E-state index in [0.29, 0.717) is 19.7 Å². The number of guanidine groups is 1. The third-order valence-electron chi connectivity index (χ3n) is 4.04. The maximum absolute atomic E-state index is 5.76. The third-order valence-corrected chi connectivity index (χ3v) is 4.04. The van der Waals surface area contributed by atoms with Gasteiger partial charge in [-0.25, -0.2) is 4.99 Å². The van der Waals surface area contributed by atoms with Gasteiger partial charge in [0.25, 0.3) is 0 Å². The zero-order chi connectivity index (χ0) is 19.5. The van der Waals surface area contributed by atoms with Crippen LogP contribution in [0.1, 0.15) is 23.6 Å². The number of nitrogens with zero attached hydrogens (tertiary/aromatic N) is 2. The van der Waals surface area contributed by atoms with Crippen molar-refractivity contribution in [2.75, 3.05) is 33.8 Å². The molecule has 154 valence electrons. The van der Waals surface area contributed by atoms with Crippen molar-refractivity contribution in [2.45, 2.75) is 26.9 Å². The quantitative estimate of drug-likeness (QED) is 0.240. The largest absolute Gasteiger partial charge is 0.492 e. The Kier molecular flexibility index (Phi) is 11.6. The van der Waals surface area contributed by atoms with Crippen LogP contribution in [0.2, 0.25) is 0 Å². The number of nitrogens with one attached hydrogen (secondary N) is 2. The summed E-state index contributed by atoms with van der Waals surface area (Å²) in [7, 11) is 4.17. The fraction of sp³-hybridized carbons (Fsp3) is 0.409. The molecule has 0 radical (unpaired) electrons. The van der Waals surface area contributed by atoms with E-state index >= 15 is 0 Å². The normalized spacial score (nSPS) is 11.1. The van der Waals surface area contributed by atoms with Gasteiger partial charge in [-0.2, -0.15) is 0 Å². The molecule has 0 atom stereocenters. The monoisotopic (exact) mass is 496 g/mol. The van der Waals surface area contributed by atoms with Crippen LogP contribution in [0.3, 0.4) is 0 Å². The van der Waals surface area contributed by atoms with Crippen LogP contribution in [0.25, 0.3) is 0 Å². The number of rotatable bonds is 9. The number of ether oxygens (including phenoxy) is 1. The Hall–Kier alpha value is -1.80. The predicted octanol–water partition coefficient (Wildman–Crippen LogP) is 3.81. The van der Waals surface area contributed by atoms with E-state index in [1.807, 2.05) is 12.1 Å². The first kappa shape index (κ1) is 24.2. The standard InChI is InChI=1S/C22H32N4O.HI/c1-5-23-22(24-14-15-27-21-12-10-18(2)11-13-21)25-16-19-8-6-7-9-20(19)17-26(3)4;/h6-13H,5,14-17H2,1-4H3,(H2,23,24,25);1H. The highest BCUT2D eigenvalue weighted by Gasteiger charge is 2.04. The highest BCUT2D eigenvalue weighted by Crippen LogP contribution is 2.12. The highest BCUT2D eigenvalue weighted by atomic mass is 127. The molecule has 0 heterocycles. The molecule has 0 fully saturated rings. The molecular weight excluding hydrogens is 463 g/mol. The topological polar surface area (TPSA) is 48.9 Å². The lowest BCUT2D eigenvalue weighted by Gasteiger charge is -2.15. The van der Waals surface area contributed by atoms with Gasteiger partial charge in [0.05, 0.1) is 13.1 Å². The van der Waals surface area contributed by atoms with E-state index in [9.17, 15) is 0 Å². The van der Waals surface area contributed by atoms with Gasteiger partial charge in [0, 0.05) is 13.1 Å². The summed E-state index contributed by atoms with van der Waals surface area (Å²) >= 11 is 0. The molecule has 2 aromatic carbocycles. The van der Waals surface area contributed by atoms with E-state index < -0.39 is 0 Å². The Morgan fingerprint density at radius 2 is 1.68 bits per heavy atom. The molecule has 2 aromatic rings. The highest BCUT2D eigenvalue weighted by molar-refractivity contribution is 14.0.